The number of amides is 3. The van der Waals surface area contributed by atoms with Gasteiger partial charge in [-0.2, -0.15) is 0 Å². The summed E-state index contributed by atoms with van der Waals surface area (Å²) in [6, 6.07) is -0.477. The molecule has 8 heteroatoms. The van der Waals surface area contributed by atoms with E-state index in [2.05, 4.69) is 10.6 Å². The monoisotopic (exact) mass is 341 g/mol. The summed E-state index contributed by atoms with van der Waals surface area (Å²) in [5.41, 5.74) is 5.74. The number of carbonyl (C=O) groups excluding carboxylic acids is 3. The fourth-order valence-corrected chi connectivity index (χ4v) is 2.42. The Morgan fingerprint density at radius 3 is 2.12 bits per heavy atom. The molecule has 0 radical (unpaired) electrons. The quantitative estimate of drug-likeness (QED) is 0.537. The standard InChI is InChI=1S/C16H31N5O3/c1-11(2)15(17)16(24)18-9-14(23)21-7-5-20(6-8-21)10-13(22)19-12(3)4/h11-12,15H,5-10,17H2,1-4H3,(H,18,24)(H,19,22)/t15-/m0/s1. The Bertz CT molecular complexity index is 445. The van der Waals surface area contributed by atoms with Gasteiger partial charge in [0.15, 0.2) is 0 Å². The van der Waals surface area contributed by atoms with Crippen LogP contribution in [0.2, 0.25) is 0 Å². The van der Waals surface area contributed by atoms with Gasteiger partial charge in [0.25, 0.3) is 0 Å². The summed E-state index contributed by atoms with van der Waals surface area (Å²) in [5.74, 6) is -0.395. The zero-order valence-electron chi connectivity index (χ0n) is 15.2. The first-order chi connectivity index (χ1) is 11.2. The van der Waals surface area contributed by atoms with Crippen molar-refractivity contribution < 1.29 is 14.4 Å². The third-order valence-electron chi connectivity index (χ3n) is 3.98. The van der Waals surface area contributed by atoms with Gasteiger partial charge in [-0.1, -0.05) is 13.8 Å². The van der Waals surface area contributed by atoms with Crippen molar-refractivity contribution in [3.63, 3.8) is 0 Å². The van der Waals surface area contributed by atoms with Crippen LogP contribution in [0.1, 0.15) is 27.7 Å². The molecule has 1 fully saturated rings. The Labute approximate surface area is 144 Å². The van der Waals surface area contributed by atoms with E-state index in [0.717, 1.165) is 0 Å². The van der Waals surface area contributed by atoms with E-state index in [-0.39, 0.29) is 36.2 Å². The number of nitrogens with two attached hydrogens (primary N) is 1. The Morgan fingerprint density at radius 1 is 1.04 bits per heavy atom. The molecule has 0 aliphatic carbocycles. The van der Waals surface area contributed by atoms with Crippen LogP contribution in [0.5, 0.6) is 0 Å². The smallest absolute Gasteiger partial charge is 0.242 e. The maximum absolute atomic E-state index is 12.1. The molecule has 1 atom stereocenters. The predicted molar refractivity (Wildman–Crippen MR) is 92.1 cm³/mol. The summed E-state index contributed by atoms with van der Waals surface area (Å²) < 4.78 is 0. The highest BCUT2D eigenvalue weighted by atomic mass is 16.2. The van der Waals surface area contributed by atoms with Crippen molar-refractivity contribution in [2.24, 2.45) is 11.7 Å². The first-order valence-corrected chi connectivity index (χ1v) is 8.53. The van der Waals surface area contributed by atoms with Crippen LogP contribution in [0.3, 0.4) is 0 Å². The molecular weight excluding hydrogens is 310 g/mol. The Balaban J connectivity index is 2.30. The lowest BCUT2D eigenvalue weighted by Gasteiger charge is -2.34. The third kappa shape index (κ3) is 6.84. The van der Waals surface area contributed by atoms with E-state index in [0.29, 0.717) is 32.7 Å². The van der Waals surface area contributed by atoms with E-state index in [4.69, 9.17) is 5.73 Å². The van der Waals surface area contributed by atoms with E-state index in [9.17, 15) is 14.4 Å². The number of carbonyl (C=O) groups is 3. The number of nitrogens with zero attached hydrogens (tertiary/aromatic N) is 2. The van der Waals surface area contributed by atoms with Crippen molar-refractivity contribution in [3.8, 4) is 0 Å². The molecule has 3 amide bonds. The van der Waals surface area contributed by atoms with Gasteiger partial charge in [-0.3, -0.25) is 19.3 Å². The van der Waals surface area contributed by atoms with Gasteiger partial charge in [-0.15, -0.1) is 0 Å². The lowest BCUT2D eigenvalue weighted by Crippen LogP contribution is -2.54. The molecule has 1 rings (SSSR count). The van der Waals surface area contributed by atoms with Crippen LogP contribution in [0.25, 0.3) is 0 Å². The number of piperazine rings is 1. The third-order valence-corrected chi connectivity index (χ3v) is 3.98. The van der Waals surface area contributed by atoms with Gasteiger partial charge in [0.2, 0.25) is 17.7 Å². The summed E-state index contributed by atoms with van der Waals surface area (Å²) in [6.45, 7) is 10.3. The highest BCUT2D eigenvalue weighted by Gasteiger charge is 2.24. The zero-order valence-corrected chi connectivity index (χ0v) is 15.2. The van der Waals surface area contributed by atoms with Crippen molar-refractivity contribution in [1.82, 2.24) is 20.4 Å². The van der Waals surface area contributed by atoms with E-state index in [1.54, 1.807) is 4.90 Å². The Kier molecular flexibility index (Phi) is 8.14. The van der Waals surface area contributed by atoms with Gasteiger partial charge >= 0.3 is 0 Å². The van der Waals surface area contributed by atoms with Gasteiger partial charge in [0, 0.05) is 32.2 Å². The maximum atomic E-state index is 12.1. The van der Waals surface area contributed by atoms with Crippen LogP contribution >= 0.6 is 0 Å². The molecule has 1 heterocycles. The van der Waals surface area contributed by atoms with Gasteiger partial charge in [-0.25, -0.2) is 0 Å². The lowest BCUT2D eigenvalue weighted by atomic mass is 10.1. The van der Waals surface area contributed by atoms with E-state index in [1.165, 1.54) is 0 Å². The van der Waals surface area contributed by atoms with Crippen LogP contribution in [-0.4, -0.2) is 78.9 Å². The topological polar surface area (TPSA) is 108 Å². The molecule has 1 saturated heterocycles. The number of hydrogen-bond acceptors (Lipinski definition) is 5. The van der Waals surface area contributed by atoms with Gasteiger partial charge < -0.3 is 21.3 Å². The summed E-state index contributed by atoms with van der Waals surface area (Å²) in [5, 5.41) is 5.45. The zero-order chi connectivity index (χ0) is 18.3. The average molecular weight is 341 g/mol. The fourth-order valence-electron chi connectivity index (χ4n) is 2.42. The SMILES string of the molecule is CC(C)NC(=O)CN1CCN(C(=O)CNC(=O)[C@@H](N)C(C)C)CC1. The van der Waals surface area contributed by atoms with E-state index >= 15 is 0 Å². The average Bonchev–Trinajstić information content (AvgIpc) is 2.51. The molecule has 138 valence electrons. The van der Waals surface area contributed by atoms with Crippen molar-refractivity contribution in [1.29, 1.82) is 0 Å². The number of rotatable bonds is 7. The Hall–Kier alpha value is -1.67. The lowest BCUT2D eigenvalue weighted by molar-refractivity contribution is -0.135. The van der Waals surface area contributed by atoms with Crippen molar-refractivity contribution >= 4 is 17.7 Å². The first-order valence-electron chi connectivity index (χ1n) is 8.53. The van der Waals surface area contributed by atoms with Crippen molar-refractivity contribution in [2.75, 3.05) is 39.3 Å². The maximum Gasteiger partial charge on any atom is 0.242 e. The van der Waals surface area contributed by atoms with Crippen molar-refractivity contribution in [3.05, 3.63) is 0 Å². The molecule has 1 aliphatic rings. The van der Waals surface area contributed by atoms with Crippen LogP contribution in [-0.2, 0) is 14.4 Å². The summed E-state index contributed by atoms with van der Waals surface area (Å²) >= 11 is 0. The fraction of sp³-hybridized carbons (Fsp3) is 0.812. The molecule has 0 aromatic carbocycles. The minimum atomic E-state index is -0.603. The minimum Gasteiger partial charge on any atom is -0.353 e. The summed E-state index contributed by atoms with van der Waals surface area (Å²) in [4.78, 5) is 39.4. The molecule has 0 unspecified atom stereocenters. The van der Waals surface area contributed by atoms with Crippen LogP contribution in [0.4, 0.5) is 0 Å². The second kappa shape index (κ2) is 9.58. The number of hydrogen-bond donors (Lipinski definition) is 3. The van der Waals surface area contributed by atoms with Gasteiger partial charge in [0.05, 0.1) is 19.1 Å². The molecule has 4 N–H and O–H groups in total. The van der Waals surface area contributed by atoms with Crippen molar-refractivity contribution in [2.45, 2.75) is 39.8 Å². The van der Waals surface area contributed by atoms with Gasteiger partial charge in [-0.05, 0) is 19.8 Å². The Morgan fingerprint density at radius 2 is 1.62 bits per heavy atom. The molecule has 8 nitrogen and oxygen atoms in total. The highest BCUT2D eigenvalue weighted by molar-refractivity contribution is 5.87. The summed E-state index contributed by atoms with van der Waals surface area (Å²) in [6.07, 6.45) is 0. The van der Waals surface area contributed by atoms with Crippen LogP contribution in [0.15, 0.2) is 0 Å². The largest absolute Gasteiger partial charge is 0.353 e. The summed E-state index contributed by atoms with van der Waals surface area (Å²) in [7, 11) is 0. The molecule has 0 aromatic heterocycles. The second-order valence-electron chi connectivity index (χ2n) is 6.87. The molecular formula is C16H31N5O3. The predicted octanol–water partition coefficient (Wildman–Crippen LogP) is -1.25. The molecule has 0 saturated carbocycles. The molecule has 0 spiro atoms. The van der Waals surface area contributed by atoms with Crippen LogP contribution < -0.4 is 16.4 Å². The molecule has 1 aliphatic heterocycles. The first kappa shape index (κ1) is 20.4. The highest BCUT2D eigenvalue weighted by Crippen LogP contribution is 2.02. The normalized spacial score (nSPS) is 17.0. The number of nitrogens with one attached hydrogen (secondary N) is 2. The van der Waals surface area contributed by atoms with E-state index < -0.39 is 6.04 Å². The van der Waals surface area contributed by atoms with E-state index in [1.807, 2.05) is 32.6 Å². The molecule has 0 aromatic rings. The van der Waals surface area contributed by atoms with Crippen LogP contribution in [0, 0.1) is 5.92 Å². The second-order valence-corrected chi connectivity index (χ2v) is 6.87. The minimum absolute atomic E-state index is 0.000266. The van der Waals surface area contributed by atoms with Gasteiger partial charge in [0.1, 0.15) is 0 Å². The molecule has 0 bridgehead atoms. The molecule has 24 heavy (non-hydrogen) atoms.